The molecule has 1 atom stereocenters. The molecule has 1 unspecified atom stereocenters. The molecule has 0 aromatic heterocycles. The Balaban J connectivity index is 4.22. The standard InChI is InChI=1S/C4H4Cl3F3O/c5-2(11)1-3(6,7)4(8,9)10/h2,11H,1H2. The van der Waals surface area contributed by atoms with E-state index in [2.05, 4.69) is 0 Å². The summed E-state index contributed by atoms with van der Waals surface area (Å²) in [6, 6.07) is 0. The molecular weight excluding hydrogens is 227 g/mol. The zero-order valence-electron chi connectivity index (χ0n) is 5.00. The highest BCUT2D eigenvalue weighted by atomic mass is 35.5. The molecule has 11 heavy (non-hydrogen) atoms. The van der Waals surface area contributed by atoms with Gasteiger partial charge >= 0.3 is 6.18 Å². The molecule has 0 aliphatic heterocycles. The minimum Gasteiger partial charge on any atom is -0.378 e. The van der Waals surface area contributed by atoms with Gasteiger partial charge in [0.2, 0.25) is 4.33 Å². The molecule has 0 fully saturated rings. The van der Waals surface area contributed by atoms with Gasteiger partial charge < -0.3 is 5.11 Å². The second-order valence-corrected chi connectivity index (χ2v) is 3.83. The van der Waals surface area contributed by atoms with Gasteiger partial charge in [-0.05, 0) is 0 Å². The summed E-state index contributed by atoms with van der Waals surface area (Å²) in [5, 5.41) is 8.35. The van der Waals surface area contributed by atoms with Crippen LogP contribution in [0.1, 0.15) is 6.42 Å². The van der Waals surface area contributed by atoms with Gasteiger partial charge in [-0.1, -0.05) is 34.8 Å². The van der Waals surface area contributed by atoms with Crippen molar-refractivity contribution in [2.45, 2.75) is 22.5 Å². The van der Waals surface area contributed by atoms with Gasteiger partial charge in [0.1, 0.15) is 5.56 Å². The lowest BCUT2D eigenvalue weighted by atomic mass is 10.3. The first kappa shape index (κ1) is 11.6. The largest absolute Gasteiger partial charge is 0.421 e. The van der Waals surface area contributed by atoms with Crippen molar-refractivity contribution in [3.05, 3.63) is 0 Å². The average molecular weight is 231 g/mol. The van der Waals surface area contributed by atoms with Crippen molar-refractivity contribution in [1.29, 1.82) is 0 Å². The lowest BCUT2D eigenvalue weighted by Gasteiger charge is -2.22. The Hall–Kier alpha value is 0.620. The van der Waals surface area contributed by atoms with Crippen molar-refractivity contribution in [3.63, 3.8) is 0 Å². The first-order valence-electron chi connectivity index (χ1n) is 2.43. The smallest absolute Gasteiger partial charge is 0.378 e. The van der Waals surface area contributed by atoms with E-state index in [9.17, 15) is 13.2 Å². The average Bonchev–Trinajstić information content (AvgIpc) is 1.56. The van der Waals surface area contributed by atoms with Crippen molar-refractivity contribution < 1.29 is 18.3 Å². The van der Waals surface area contributed by atoms with E-state index >= 15 is 0 Å². The highest BCUT2D eigenvalue weighted by Gasteiger charge is 2.53. The van der Waals surface area contributed by atoms with Crippen LogP contribution >= 0.6 is 34.8 Å². The maximum Gasteiger partial charge on any atom is 0.421 e. The van der Waals surface area contributed by atoms with Gasteiger partial charge in [0.15, 0.2) is 0 Å². The van der Waals surface area contributed by atoms with Gasteiger partial charge in [-0.25, -0.2) is 0 Å². The zero-order valence-corrected chi connectivity index (χ0v) is 7.27. The van der Waals surface area contributed by atoms with Crippen LogP contribution < -0.4 is 0 Å². The lowest BCUT2D eigenvalue weighted by molar-refractivity contribution is -0.145. The van der Waals surface area contributed by atoms with Gasteiger partial charge in [-0.2, -0.15) is 13.2 Å². The maximum atomic E-state index is 11.8. The Morgan fingerprint density at radius 3 is 1.73 bits per heavy atom. The number of aliphatic hydroxyl groups is 1. The van der Waals surface area contributed by atoms with Crippen LogP contribution in [-0.2, 0) is 0 Å². The molecule has 0 saturated heterocycles. The fourth-order valence-corrected chi connectivity index (χ4v) is 1.01. The minimum atomic E-state index is -4.79. The summed E-state index contributed by atoms with van der Waals surface area (Å²) in [6.45, 7) is 0. The molecular formula is C4H4Cl3F3O. The molecule has 0 saturated carbocycles. The Bertz CT molecular complexity index is 133. The van der Waals surface area contributed by atoms with Gasteiger partial charge in [0.05, 0.1) is 0 Å². The van der Waals surface area contributed by atoms with Gasteiger partial charge in [-0.3, -0.25) is 0 Å². The number of halogens is 6. The summed E-state index contributed by atoms with van der Waals surface area (Å²) in [7, 11) is 0. The molecule has 7 heteroatoms. The van der Waals surface area contributed by atoms with E-state index in [0.29, 0.717) is 0 Å². The van der Waals surface area contributed by atoms with E-state index in [1.54, 1.807) is 0 Å². The van der Waals surface area contributed by atoms with E-state index in [1.165, 1.54) is 0 Å². The SMILES string of the molecule is OC(Cl)CC(Cl)(Cl)C(F)(F)F. The fourth-order valence-electron chi connectivity index (χ4n) is 0.327. The van der Waals surface area contributed by atoms with E-state index in [1.807, 2.05) is 0 Å². The number of hydrogen-bond donors (Lipinski definition) is 1. The van der Waals surface area contributed by atoms with Crippen molar-refractivity contribution in [1.82, 2.24) is 0 Å². The summed E-state index contributed by atoms with van der Waals surface area (Å²) < 4.78 is 32.3. The third-order valence-electron chi connectivity index (χ3n) is 0.840. The quantitative estimate of drug-likeness (QED) is 0.725. The maximum absolute atomic E-state index is 11.8. The predicted molar refractivity (Wildman–Crippen MR) is 37.0 cm³/mol. The first-order chi connectivity index (χ1) is 4.67. The summed E-state index contributed by atoms with van der Waals surface area (Å²) in [5.74, 6) is 0. The van der Waals surface area contributed by atoms with Crippen molar-refractivity contribution in [3.8, 4) is 0 Å². The summed E-state index contributed by atoms with van der Waals surface area (Å²) in [4.78, 5) is 0. The molecule has 0 aliphatic rings. The van der Waals surface area contributed by atoms with Crippen LogP contribution in [-0.4, -0.2) is 21.2 Å². The molecule has 0 aromatic carbocycles. The summed E-state index contributed by atoms with van der Waals surface area (Å²) in [5.41, 5.74) is -1.70. The second-order valence-electron chi connectivity index (χ2n) is 1.84. The molecule has 1 N–H and O–H groups in total. The Morgan fingerprint density at radius 1 is 1.27 bits per heavy atom. The summed E-state index contributed by atoms with van der Waals surface area (Å²) in [6.07, 6.45) is -5.74. The van der Waals surface area contributed by atoms with E-state index < -0.39 is 22.5 Å². The number of hydrogen-bond acceptors (Lipinski definition) is 1. The van der Waals surface area contributed by atoms with Crippen LogP contribution in [0.4, 0.5) is 13.2 Å². The number of aliphatic hydroxyl groups excluding tert-OH is 1. The molecule has 0 aromatic rings. The highest BCUT2D eigenvalue weighted by Crippen LogP contribution is 2.43. The lowest BCUT2D eigenvalue weighted by Crippen LogP contribution is -2.36. The monoisotopic (exact) mass is 230 g/mol. The van der Waals surface area contributed by atoms with Crippen LogP contribution in [0, 0.1) is 0 Å². The van der Waals surface area contributed by atoms with Crippen LogP contribution in [0.5, 0.6) is 0 Å². The van der Waals surface area contributed by atoms with Crippen LogP contribution in [0.15, 0.2) is 0 Å². The normalized spacial score (nSPS) is 16.6. The predicted octanol–water partition coefficient (Wildman–Crippen LogP) is 2.67. The van der Waals surface area contributed by atoms with Crippen LogP contribution in [0.25, 0.3) is 0 Å². The van der Waals surface area contributed by atoms with E-state index in [-0.39, 0.29) is 0 Å². The van der Waals surface area contributed by atoms with Crippen molar-refractivity contribution in [2.75, 3.05) is 0 Å². The van der Waals surface area contributed by atoms with Gasteiger partial charge in [-0.15, -0.1) is 0 Å². The molecule has 0 rings (SSSR count). The first-order valence-corrected chi connectivity index (χ1v) is 3.63. The van der Waals surface area contributed by atoms with Gasteiger partial charge in [0.25, 0.3) is 0 Å². The molecule has 0 radical (unpaired) electrons. The number of rotatable bonds is 2. The minimum absolute atomic E-state index is 0.957. The van der Waals surface area contributed by atoms with Gasteiger partial charge in [0, 0.05) is 6.42 Å². The second kappa shape index (κ2) is 3.56. The van der Waals surface area contributed by atoms with Crippen LogP contribution in [0.3, 0.4) is 0 Å². The molecule has 0 bridgehead atoms. The summed E-state index contributed by atoms with van der Waals surface area (Å²) >= 11 is 14.5. The van der Waals surface area contributed by atoms with Crippen molar-refractivity contribution in [2.24, 2.45) is 0 Å². The Labute approximate surface area is 76.0 Å². The highest BCUT2D eigenvalue weighted by molar-refractivity contribution is 6.49. The molecule has 0 aliphatic carbocycles. The fraction of sp³-hybridized carbons (Fsp3) is 1.00. The number of alkyl halides is 6. The third-order valence-corrected chi connectivity index (χ3v) is 1.73. The Kier molecular flexibility index (Phi) is 3.76. The molecule has 1 nitrogen and oxygen atoms in total. The molecule has 0 amide bonds. The molecule has 0 heterocycles. The van der Waals surface area contributed by atoms with Crippen molar-refractivity contribution >= 4 is 34.8 Å². The zero-order chi connectivity index (χ0) is 9.28. The van der Waals surface area contributed by atoms with Crippen LogP contribution in [0.2, 0.25) is 0 Å². The Morgan fingerprint density at radius 2 is 1.64 bits per heavy atom. The van der Waals surface area contributed by atoms with E-state index in [0.717, 1.165) is 0 Å². The van der Waals surface area contributed by atoms with E-state index in [4.69, 9.17) is 39.9 Å². The molecule has 68 valence electrons. The third kappa shape index (κ3) is 3.69. The topological polar surface area (TPSA) is 20.2 Å². The molecule has 0 spiro atoms.